The minimum Gasteiger partial charge on any atom is -0.481 e. The number of hydrogen-bond donors (Lipinski definition) is 2. The Bertz CT molecular complexity index is 610. The molecule has 0 heterocycles. The lowest BCUT2D eigenvalue weighted by atomic mass is 10.1. The highest BCUT2D eigenvalue weighted by atomic mass is 16.4. The number of carboxylic acid groups (broad SMARTS) is 1. The molecule has 0 aliphatic heterocycles. The van der Waals surface area contributed by atoms with Gasteiger partial charge in [0.15, 0.2) is 0 Å². The largest absolute Gasteiger partial charge is 0.481 e. The van der Waals surface area contributed by atoms with Crippen LogP contribution >= 0.6 is 0 Å². The van der Waals surface area contributed by atoms with Crippen molar-refractivity contribution in [3.05, 3.63) is 59.7 Å². The lowest BCUT2D eigenvalue weighted by Gasteiger charge is -2.07. The average Bonchev–Trinajstić information content (AvgIpc) is 2.41. The van der Waals surface area contributed by atoms with Gasteiger partial charge < -0.3 is 10.4 Å². The molecule has 2 rings (SSSR count). The molecule has 19 heavy (non-hydrogen) atoms. The molecule has 0 amide bonds. The summed E-state index contributed by atoms with van der Waals surface area (Å²) in [5.41, 5.74) is 3.13. The number of benzene rings is 2. The van der Waals surface area contributed by atoms with Crippen LogP contribution in [-0.2, 0) is 11.2 Å². The highest BCUT2D eigenvalue weighted by molar-refractivity contribution is 5.70. The maximum absolute atomic E-state index is 10.6. The molecule has 0 atom stereocenters. The molecule has 0 bridgehead atoms. The Morgan fingerprint density at radius 2 is 1.58 bits per heavy atom. The van der Waals surface area contributed by atoms with Gasteiger partial charge in [-0.1, -0.05) is 12.1 Å². The van der Waals surface area contributed by atoms with Crippen molar-refractivity contribution in [3.8, 4) is 6.07 Å². The van der Waals surface area contributed by atoms with Crippen molar-refractivity contribution in [2.45, 2.75) is 6.42 Å². The molecule has 0 saturated carbocycles. The van der Waals surface area contributed by atoms with Crippen molar-refractivity contribution in [2.24, 2.45) is 0 Å². The summed E-state index contributed by atoms with van der Waals surface area (Å²) in [5, 5.41) is 20.6. The van der Waals surface area contributed by atoms with Crippen molar-refractivity contribution in [1.29, 1.82) is 5.26 Å². The summed E-state index contributed by atoms with van der Waals surface area (Å²) < 4.78 is 0. The van der Waals surface area contributed by atoms with E-state index in [0.717, 1.165) is 16.9 Å². The van der Waals surface area contributed by atoms with E-state index < -0.39 is 5.97 Å². The van der Waals surface area contributed by atoms with E-state index in [4.69, 9.17) is 10.4 Å². The zero-order valence-electron chi connectivity index (χ0n) is 10.1. The zero-order chi connectivity index (χ0) is 13.7. The summed E-state index contributed by atoms with van der Waals surface area (Å²) >= 11 is 0. The van der Waals surface area contributed by atoms with Gasteiger partial charge in [0, 0.05) is 11.4 Å². The van der Waals surface area contributed by atoms with E-state index in [2.05, 4.69) is 11.4 Å². The molecule has 2 aromatic carbocycles. The molecule has 0 spiro atoms. The molecule has 0 unspecified atom stereocenters. The highest BCUT2D eigenvalue weighted by Crippen LogP contribution is 2.17. The lowest BCUT2D eigenvalue weighted by Crippen LogP contribution is -1.99. The Labute approximate surface area is 110 Å². The fraction of sp³-hybridized carbons (Fsp3) is 0.0667. The molecule has 0 fully saturated rings. The van der Waals surface area contributed by atoms with Crippen LogP contribution in [0.2, 0.25) is 0 Å². The van der Waals surface area contributed by atoms with E-state index >= 15 is 0 Å². The molecule has 0 aliphatic carbocycles. The average molecular weight is 252 g/mol. The van der Waals surface area contributed by atoms with Crippen molar-refractivity contribution < 1.29 is 9.90 Å². The van der Waals surface area contributed by atoms with E-state index in [1.54, 1.807) is 24.3 Å². The van der Waals surface area contributed by atoms with E-state index in [-0.39, 0.29) is 6.42 Å². The van der Waals surface area contributed by atoms with Crippen molar-refractivity contribution >= 4 is 17.3 Å². The topological polar surface area (TPSA) is 73.1 Å². The first-order chi connectivity index (χ1) is 9.17. The molecule has 4 nitrogen and oxygen atoms in total. The van der Waals surface area contributed by atoms with Crippen molar-refractivity contribution in [2.75, 3.05) is 5.32 Å². The number of rotatable bonds is 4. The minimum atomic E-state index is -0.840. The third kappa shape index (κ3) is 3.58. The Hall–Kier alpha value is -2.80. The predicted molar refractivity (Wildman–Crippen MR) is 72.2 cm³/mol. The summed E-state index contributed by atoms with van der Waals surface area (Å²) in [6.45, 7) is 0. The molecule has 2 N–H and O–H groups in total. The third-order valence-electron chi connectivity index (χ3n) is 2.61. The summed E-state index contributed by atoms with van der Waals surface area (Å²) in [6.07, 6.45) is 0.0249. The quantitative estimate of drug-likeness (QED) is 0.877. The molecule has 4 heteroatoms. The van der Waals surface area contributed by atoms with Crippen LogP contribution in [0.4, 0.5) is 11.4 Å². The predicted octanol–water partition coefficient (Wildman–Crippen LogP) is 2.93. The molecule has 2 aromatic rings. The number of aliphatic carboxylic acids is 1. The summed E-state index contributed by atoms with van der Waals surface area (Å²) in [4.78, 5) is 10.6. The second-order valence-electron chi connectivity index (χ2n) is 4.08. The standard InChI is InChI=1S/C15H12N2O2/c16-10-12-3-7-14(8-4-12)17-13-5-1-11(2-6-13)9-15(18)19/h1-8,17H,9H2,(H,18,19). The van der Waals surface area contributed by atoms with Gasteiger partial charge in [0.2, 0.25) is 0 Å². The van der Waals surface area contributed by atoms with E-state index in [9.17, 15) is 4.79 Å². The Balaban J connectivity index is 2.06. The lowest BCUT2D eigenvalue weighted by molar-refractivity contribution is -0.136. The Morgan fingerprint density at radius 1 is 1.05 bits per heavy atom. The monoisotopic (exact) mass is 252 g/mol. The molecular formula is C15H12N2O2. The summed E-state index contributed by atoms with van der Waals surface area (Å²) in [7, 11) is 0. The highest BCUT2D eigenvalue weighted by Gasteiger charge is 2.00. The van der Waals surface area contributed by atoms with Gasteiger partial charge in [-0.05, 0) is 42.0 Å². The summed E-state index contributed by atoms with van der Waals surface area (Å²) in [5.74, 6) is -0.840. The van der Waals surface area contributed by atoms with Gasteiger partial charge in [-0.3, -0.25) is 4.79 Å². The first-order valence-corrected chi connectivity index (χ1v) is 5.75. The van der Waals surface area contributed by atoms with Gasteiger partial charge in [-0.15, -0.1) is 0 Å². The number of nitriles is 1. The van der Waals surface area contributed by atoms with Crippen LogP contribution in [0.3, 0.4) is 0 Å². The molecule has 0 aliphatic rings. The Kier molecular flexibility index (Phi) is 3.79. The number of anilines is 2. The fourth-order valence-corrected chi connectivity index (χ4v) is 1.68. The number of carbonyl (C=O) groups is 1. The van der Waals surface area contributed by atoms with Crippen molar-refractivity contribution in [3.63, 3.8) is 0 Å². The normalized spacial score (nSPS) is 9.63. The molecular weight excluding hydrogens is 240 g/mol. The first kappa shape index (κ1) is 12.7. The van der Waals surface area contributed by atoms with Crippen LogP contribution < -0.4 is 5.32 Å². The smallest absolute Gasteiger partial charge is 0.307 e. The van der Waals surface area contributed by atoms with E-state index in [0.29, 0.717) is 5.56 Å². The summed E-state index contributed by atoms with van der Waals surface area (Å²) in [6, 6.07) is 16.4. The zero-order valence-corrected chi connectivity index (χ0v) is 10.1. The molecule has 0 saturated heterocycles. The van der Waals surface area contributed by atoms with Gasteiger partial charge in [-0.25, -0.2) is 0 Å². The Morgan fingerprint density at radius 3 is 2.05 bits per heavy atom. The van der Waals surface area contributed by atoms with Gasteiger partial charge >= 0.3 is 5.97 Å². The number of carboxylic acids is 1. The van der Waals surface area contributed by atoms with Crippen LogP contribution in [0.1, 0.15) is 11.1 Å². The van der Waals surface area contributed by atoms with E-state index in [1.807, 2.05) is 24.3 Å². The van der Waals surface area contributed by atoms with Crippen LogP contribution in [0.15, 0.2) is 48.5 Å². The maximum atomic E-state index is 10.6. The van der Waals surface area contributed by atoms with Crippen LogP contribution in [-0.4, -0.2) is 11.1 Å². The minimum absolute atomic E-state index is 0.0249. The maximum Gasteiger partial charge on any atom is 0.307 e. The van der Waals surface area contributed by atoms with Gasteiger partial charge in [0.1, 0.15) is 0 Å². The van der Waals surface area contributed by atoms with Gasteiger partial charge in [0.05, 0.1) is 18.1 Å². The van der Waals surface area contributed by atoms with Gasteiger partial charge in [-0.2, -0.15) is 5.26 Å². The second-order valence-corrected chi connectivity index (χ2v) is 4.08. The molecule has 94 valence electrons. The second kappa shape index (κ2) is 5.69. The van der Waals surface area contributed by atoms with Crippen LogP contribution in [0.5, 0.6) is 0 Å². The van der Waals surface area contributed by atoms with Crippen molar-refractivity contribution in [1.82, 2.24) is 0 Å². The third-order valence-corrected chi connectivity index (χ3v) is 2.61. The SMILES string of the molecule is N#Cc1ccc(Nc2ccc(CC(=O)O)cc2)cc1. The fourth-order valence-electron chi connectivity index (χ4n) is 1.68. The first-order valence-electron chi connectivity index (χ1n) is 5.75. The number of nitrogens with one attached hydrogen (secondary N) is 1. The molecule has 0 aromatic heterocycles. The number of nitrogens with zero attached hydrogens (tertiary/aromatic N) is 1. The van der Waals surface area contributed by atoms with Gasteiger partial charge in [0.25, 0.3) is 0 Å². The van der Waals surface area contributed by atoms with Crippen LogP contribution in [0.25, 0.3) is 0 Å². The van der Waals surface area contributed by atoms with Crippen LogP contribution in [0, 0.1) is 11.3 Å². The number of hydrogen-bond acceptors (Lipinski definition) is 3. The molecule has 0 radical (unpaired) electrons. The van der Waals surface area contributed by atoms with E-state index in [1.165, 1.54) is 0 Å².